The number of methoxy groups -OCH3 is 1. The van der Waals surface area contributed by atoms with Gasteiger partial charge in [0.2, 0.25) is 5.91 Å². The van der Waals surface area contributed by atoms with Crippen molar-refractivity contribution in [2.45, 2.75) is 84.0 Å². The Balaban J connectivity index is 0.000000121. The molecule has 102 heavy (non-hydrogen) atoms. The molecule has 0 bridgehead atoms. The standard InChI is InChI=1S/C21H20Cl2N2O2.C20H18ClFN2O2.C20H19ClN2O2.C19H16BrClN2O/c1-2-11-27-21(26)25-10-9-16-17-12-15(23)7-8-18(17)24-19(16)20(25)13-3-5-14(22)6-4-13;1-2-26-20(25)24-9-8-15-16-11-13(21)6-7-17(16)23-18(15)19(24)12-4-3-5-14(22)10-12;1-12-3-5-13(6-4-12)19-18-15(9-10-23(19)20(24)25-2)16-11-14(21)7-8-17(16)22-18;1-11(24)23-9-8-15-16-10-13(20)4-7-17(16)22-18(15)19(23)12-2-5-14(21)6-3-12/h3-8,12,20,24H,2,9-11H2,1H3;3-7,10-11,19,23H,2,8-9H2,1H3;3-8,11,19,22H,9-10H2,1-2H3;2-7,10,19,22H,8-9H2,1H3. The Morgan fingerprint density at radius 1 is 0.451 bits per heavy atom. The van der Waals surface area contributed by atoms with E-state index >= 15 is 0 Å². The first-order valence-corrected chi connectivity index (χ1v) is 36.5. The molecule has 15 nitrogen and oxygen atoms in total. The van der Waals surface area contributed by atoms with Crippen molar-refractivity contribution in [3.05, 3.63) is 278 Å². The number of rotatable bonds is 7. The number of nitrogens with one attached hydrogen (secondary N) is 4. The van der Waals surface area contributed by atoms with Crippen molar-refractivity contribution in [3.8, 4) is 0 Å². The fourth-order valence-corrected chi connectivity index (χ4v) is 15.8. The highest BCUT2D eigenvalue weighted by atomic mass is 79.9. The normalized spacial score (nSPS) is 16.7. The molecule has 524 valence electrons. The Morgan fingerprint density at radius 2 is 0.814 bits per heavy atom. The molecule has 0 aliphatic carbocycles. The summed E-state index contributed by atoms with van der Waals surface area (Å²) in [5.74, 6) is -0.252. The first-order valence-electron chi connectivity index (χ1n) is 33.8. The Bertz CT molecular complexity index is 5120. The van der Waals surface area contributed by atoms with E-state index in [1.807, 2.05) is 127 Å². The number of carbonyl (C=O) groups excluding carboxylic acids is 4. The minimum atomic E-state index is -0.431. The monoisotopic (exact) mass is 1530 g/mol. The molecule has 16 rings (SSSR count). The number of fused-ring (bicyclic) bond motifs is 12. The largest absolute Gasteiger partial charge is 0.453 e. The summed E-state index contributed by atoms with van der Waals surface area (Å²) in [6, 6.07) is 52.6. The van der Waals surface area contributed by atoms with Gasteiger partial charge in [0.25, 0.3) is 0 Å². The second-order valence-corrected chi connectivity index (χ2v) is 28.7. The molecule has 4 N–H and O–H groups in total. The highest BCUT2D eigenvalue weighted by Gasteiger charge is 2.39. The van der Waals surface area contributed by atoms with Crippen LogP contribution in [0.2, 0.25) is 25.1 Å². The maximum atomic E-state index is 13.9. The zero-order chi connectivity index (χ0) is 71.6. The summed E-state index contributed by atoms with van der Waals surface area (Å²) in [6.45, 7) is 10.6. The predicted molar refractivity (Wildman–Crippen MR) is 407 cm³/mol. The van der Waals surface area contributed by atoms with Crippen LogP contribution in [0.4, 0.5) is 18.8 Å². The number of nitrogens with zero attached hydrogens (tertiary/aromatic N) is 4. The number of aryl methyl sites for hydroxylation is 1. The minimum absolute atomic E-state index is 0.0837. The number of hydrogen-bond acceptors (Lipinski definition) is 7. The van der Waals surface area contributed by atoms with Crippen LogP contribution in [0.1, 0.15) is 124 Å². The smallest absolute Gasteiger partial charge is 0.410 e. The number of halogens is 7. The maximum Gasteiger partial charge on any atom is 0.410 e. The summed E-state index contributed by atoms with van der Waals surface area (Å²) in [5, 5.41) is 7.95. The molecule has 4 aliphatic rings. The Hall–Kier alpha value is -8.94. The maximum absolute atomic E-state index is 13.9. The van der Waals surface area contributed by atoms with Gasteiger partial charge < -0.3 is 39.0 Å². The third kappa shape index (κ3) is 14.7. The third-order valence-electron chi connectivity index (χ3n) is 19.3. The lowest BCUT2D eigenvalue weighted by atomic mass is 9.92. The molecule has 4 atom stereocenters. The molecule has 4 aromatic heterocycles. The second-order valence-electron chi connectivity index (χ2n) is 25.6. The van der Waals surface area contributed by atoms with Crippen LogP contribution in [0.25, 0.3) is 43.6 Å². The molecule has 8 heterocycles. The van der Waals surface area contributed by atoms with Crippen molar-refractivity contribution in [2.24, 2.45) is 0 Å². The molecule has 12 aromatic rings. The molecular weight excluding hydrogens is 1460 g/mol. The summed E-state index contributed by atoms with van der Waals surface area (Å²) < 4.78 is 30.6. The fraction of sp³-hybridized carbons (Fsp3) is 0.250. The van der Waals surface area contributed by atoms with E-state index in [1.165, 1.54) is 46.9 Å². The van der Waals surface area contributed by atoms with Gasteiger partial charge in [-0.3, -0.25) is 19.5 Å². The van der Waals surface area contributed by atoms with Gasteiger partial charge in [0, 0.05) is 129 Å². The van der Waals surface area contributed by atoms with Gasteiger partial charge in [0.1, 0.15) is 23.9 Å². The average molecular weight is 1530 g/mol. The van der Waals surface area contributed by atoms with Crippen molar-refractivity contribution >= 4 is 142 Å². The van der Waals surface area contributed by atoms with E-state index in [0.29, 0.717) is 64.9 Å². The second kappa shape index (κ2) is 30.9. The molecule has 4 amide bonds. The summed E-state index contributed by atoms with van der Waals surface area (Å²) in [4.78, 5) is 70.9. The number of carbonyl (C=O) groups is 4. The van der Waals surface area contributed by atoms with Crippen LogP contribution in [0, 0.1) is 12.7 Å². The van der Waals surface area contributed by atoms with Crippen molar-refractivity contribution in [2.75, 3.05) is 46.5 Å². The number of aromatic nitrogens is 4. The van der Waals surface area contributed by atoms with Crippen molar-refractivity contribution in [1.82, 2.24) is 39.5 Å². The lowest BCUT2D eigenvalue weighted by Gasteiger charge is -2.35. The van der Waals surface area contributed by atoms with E-state index in [2.05, 4.69) is 79.2 Å². The quantitative estimate of drug-likeness (QED) is 0.115. The molecule has 0 fully saturated rings. The molecule has 4 aliphatic heterocycles. The van der Waals surface area contributed by atoms with Crippen molar-refractivity contribution in [1.29, 1.82) is 0 Å². The number of ether oxygens (including phenoxy) is 3. The number of aromatic amines is 4. The zero-order valence-electron chi connectivity index (χ0n) is 56.5. The molecule has 4 unspecified atom stereocenters. The van der Waals surface area contributed by atoms with E-state index in [4.69, 9.17) is 72.2 Å². The van der Waals surface area contributed by atoms with Crippen LogP contribution in [0.15, 0.2) is 174 Å². The van der Waals surface area contributed by atoms with E-state index in [-0.39, 0.29) is 42.0 Å². The van der Waals surface area contributed by atoms with Gasteiger partial charge in [-0.2, -0.15) is 0 Å². The van der Waals surface area contributed by atoms with Crippen LogP contribution in [0.3, 0.4) is 0 Å². The topological polar surface area (TPSA) is 172 Å². The van der Waals surface area contributed by atoms with Crippen LogP contribution in [-0.2, 0) is 44.7 Å². The fourth-order valence-electron chi connectivity index (χ4n) is 14.7. The van der Waals surface area contributed by atoms with E-state index in [1.54, 1.807) is 34.6 Å². The summed E-state index contributed by atoms with van der Waals surface area (Å²) >= 11 is 34.2. The van der Waals surface area contributed by atoms with Crippen LogP contribution >= 0.6 is 73.9 Å². The number of H-pyrrole nitrogens is 4. The average Bonchev–Trinajstić information content (AvgIpc) is 1.60. The molecule has 0 saturated heterocycles. The van der Waals surface area contributed by atoms with Gasteiger partial charge in [-0.05, 0) is 200 Å². The van der Waals surface area contributed by atoms with E-state index in [0.717, 1.165) is 125 Å². The van der Waals surface area contributed by atoms with Crippen molar-refractivity contribution in [3.63, 3.8) is 0 Å². The Labute approximate surface area is 623 Å². The molecule has 0 spiro atoms. The Morgan fingerprint density at radius 3 is 1.22 bits per heavy atom. The van der Waals surface area contributed by atoms with Gasteiger partial charge >= 0.3 is 18.3 Å². The first kappa shape index (κ1) is 71.5. The summed E-state index contributed by atoms with van der Waals surface area (Å²) in [6.07, 6.45) is 2.85. The van der Waals surface area contributed by atoms with Gasteiger partial charge in [-0.1, -0.05) is 147 Å². The first-order chi connectivity index (χ1) is 49.3. The molecule has 22 heteroatoms. The SMILES string of the molecule is CC(=O)N1CCc2c([nH]c3ccc(Br)cc23)C1c1ccc(Cl)cc1.CCCOC(=O)N1CCc2c([nH]c3ccc(Cl)cc23)C1c1ccc(Cl)cc1.CCOC(=O)N1CCc2c([nH]c3ccc(Cl)cc23)C1c1cccc(F)c1.COC(=O)N1CCc2c([nH]c3ccc(Cl)cc23)C1c1ccc(C)cc1. The lowest BCUT2D eigenvalue weighted by molar-refractivity contribution is -0.130. The molecule has 8 aromatic carbocycles. The van der Waals surface area contributed by atoms with Gasteiger partial charge in [0.05, 0.1) is 26.4 Å². The van der Waals surface area contributed by atoms with Gasteiger partial charge in [-0.25, -0.2) is 18.8 Å². The predicted octanol–water partition coefficient (Wildman–Crippen LogP) is 21.0. The highest BCUT2D eigenvalue weighted by Crippen LogP contribution is 2.45. The summed E-state index contributed by atoms with van der Waals surface area (Å²) in [5.41, 5.74) is 18.0. The van der Waals surface area contributed by atoms with Crippen LogP contribution < -0.4 is 0 Å². The number of amides is 4. The Kier molecular flexibility index (Phi) is 21.7. The zero-order valence-corrected chi connectivity index (χ0v) is 61.9. The van der Waals surface area contributed by atoms with Gasteiger partial charge in [-0.15, -0.1) is 0 Å². The van der Waals surface area contributed by atoms with Crippen LogP contribution in [-0.4, -0.2) is 110 Å². The minimum Gasteiger partial charge on any atom is -0.453 e. The molecule has 0 radical (unpaired) electrons. The lowest BCUT2D eigenvalue weighted by Crippen LogP contribution is -2.41. The van der Waals surface area contributed by atoms with E-state index in [9.17, 15) is 23.6 Å². The highest BCUT2D eigenvalue weighted by molar-refractivity contribution is 9.10. The number of benzene rings is 8. The third-order valence-corrected chi connectivity index (χ3v) is 21.0. The molecular formula is C80H73BrCl5FN8O7. The van der Waals surface area contributed by atoms with Crippen molar-refractivity contribution < 1.29 is 37.8 Å². The van der Waals surface area contributed by atoms with E-state index < -0.39 is 12.1 Å². The molecule has 0 saturated carbocycles. The van der Waals surface area contributed by atoms with Crippen LogP contribution in [0.5, 0.6) is 0 Å². The summed E-state index contributed by atoms with van der Waals surface area (Å²) in [7, 11) is 1.43. The van der Waals surface area contributed by atoms with Gasteiger partial charge in [0.15, 0.2) is 0 Å². The number of hydrogen-bond donors (Lipinski definition) is 4.